The molecule has 0 atom stereocenters. The number of hydrogen-bond donors (Lipinski definition) is 1. The highest BCUT2D eigenvalue weighted by Gasteiger charge is 2.23. The summed E-state index contributed by atoms with van der Waals surface area (Å²) in [4.78, 5) is 11.9. The van der Waals surface area contributed by atoms with Gasteiger partial charge in [-0.05, 0) is 12.1 Å². The number of hydrogen-bond acceptors (Lipinski definition) is 6. The van der Waals surface area contributed by atoms with Gasteiger partial charge < -0.3 is 0 Å². The maximum atomic E-state index is 11.9. The number of amides is 1. The minimum absolute atomic E-state index is 0.138. The minimum Gasteiger partial charge on any atom is -0.296 e. The van der Waals surface area contributed by atoms with Gasteiger partial charge in [-0.15, -0.1) is 10.2 Å². The zero-order chi connectivity index (χ0) is 14.8. The van der Waals surface area contributed by atoms with Crippen molar-refractivity contribution in [2.45, 2.75) is 4.34 Å². The molecule has 2 rings (SSSR count). The van der Waals surface area contributed by atoms with E-state index in [1.54, 1.807) is 30.3 Å². The lowest BCUT2D eigenvalue weighted by atomic mass is 10.2. The zero-order valence-electron chi connectivity index (χ0n) is 10.8. The first-order valence-electron chi connectivity index (χ1n) is 5.53. The minimum atomic E-state index is -3.63. The van der Waals surface area contributed by atoms with E-state index in [2.05, 4.69) is 15.5 Å². The molecule has 1 heterocycles. The van der Waals surface area contributed by atoms with E-state index in [4.69, 9.17) is 0 Å². The van der Waals surface area contributed by atoms with Gasteiger partial charge in [-0.3, -0.25) is 10.1 Å². The molecule has 0 spiro atoms. The van der Waals surface area contributed by atoms with Gasteiger partial charge in [0.2, 0.25) is 9.47 Å². The molecule has 0 saturated heterocycles. The highest BCUT2D eigenvalue weighted by atomic mass is 32.2. The molecule has 2 aromatic rings. The van der Waals surface area contributed by atoms with Gasteiger partial charge in [0.25, 0.3) is 15.9 Å². The Kier molecular flexibility index (Phi) is 4.12. The standard InChI is InChI=1S/C11H12N4O3S2/c1-15(2)20(17,18)11-14-13-10(19-11)12-9(16)8-6-4-3-5-7-8/h3-7H,1-2H3,(H,12,13,16). The second-order valence-electron chi connectivity index (χ2n) is 3.98. The quantitative estimate of drug-likeness (QED) is 0.852. The predicted molar refractivity (Wildman–Crippen MR) is 75.2 cm³/mol. The number of aromatic nitrogens is 2. The third-order valence-corrected chi connectivity index (χ3v) is 5.36. The molecule has 20 heavy (non-hydrogen) atoms. The number of nitrogens with one attached hydrogen (secondary N) is 1. The fraction of sp³-hybridized carbons (Fsp3) is 0.182. The van der Waals surface area contributed by atoms with E-state index in [1.807, 2.05) is 0 Å². The number of anilines is 1. The largest absolute Gasteiger partial charge is 0.296 e. The highest BCUT2D eigenvalue weighted by molar-refractivity contribution is 7.91. The number of nitrogens with zero attached hydrogens (tertiary/aromatic N) is 3. The summed E-state index contributed by atoms with van der Waals surface area (Å²) in [7, 11) is -0.826. The fourth-order valence-electron chi connectivity index (χ4n) is 1.28. The summed E-state index contributed by atoms with van der Waals surface area (Å²) in [5.41, 5.74) is 0.458. The molecule has 0 aliphatic rings. The molecule has 0 bridgehead atoms. The Bertz CT molecular complexity index is 710. The Morgan fingerprint density at radius 1 is 1.20 bits per heavy atom. The average Bonchev–Trinajstić information content (AvgIpc) is 2.88. The molecule has 0 radical (unpaired) electrons. The predicted octanol–water partition coefficient (Wildman–Crippen LogP) is 1.04. The molecule has 1 N–H and O–H groups in total. The van der Waals surface area contributed by atoms with E-state index in [9.17, 15) is 13.2 Å². The van der Waals surface area contributed by atoms with Crippen LogP contribution in [0.25, 0.3) is 0 Å². The lowest BCUT2D eigenvalue weighted by Crippen LogP contribution is -2.22. The van der Waals surface area contributed by atoms with Gasteiger partial charge in [0.15, 0.2) is 0 Å². The van der Waals surface area contributed by atoms with Gasteiger partial charge in [-0.25, -0.2) is 12.7 Å². The van der Waals surface area contributed by atoms with Crippen molar-refractivity contribution in [2.75, 3.05) is 19.4 Å². The van der Waals surface area contributed by atoms with Crippen molar-refractivity contribution in [3.8, 4) is 0 Å². The Morgan fingerprint density at radius 2 is 1.85 bits per heavy atom. The monoisotopic (exact) mass is 312 g/mol. The van der Waals surface area contributed by atoms with Crippen LogP contribution in [0.3, 0.4) is 0 Å². The number of carbonyl (C=O) groups excluding carboxylic acids is 1. The molecule has 1 aromatic heterocycles. The van der Waals surface area contributed by atoms with Crippen LogP contribution in [-0.4, -0.2) is 42.9 Å². The van der Waals surface area contributed by atoms with Crippen LogP contribution < -0.4 is 5.32 Å². The topological polar surface area (TPSA) is 92.3 Å². The first kappa shape index (κ1) is 14.6. The Balaban J connectivity index is 2.17. The summed E-state index contributed by atoms with van der Waals surface area (Å²) in [5, 5.41) is 9.89. The zero-order valence-corrected chi connectivity index (χ0v) is 12.4. The normalized spacial score (nSPS) is 11.6. The lowest BCUT2D eigenvalue weighted by Gasteiger charge is -2.06. The summed E-state index contributed by atoms with van der Waals surface area (Å²) in [5.74, 6) is -0.365. The summed E-state index contributed by atoms with van der Waals surface area (Å²) in [6.07, 6.45) is 0. The van der Waals surface area contributed by atoms with E-state index in [0.717, 1.165) is 15.6 Å². The van der Waals surface area contributed by atoms with Crippen LogP contribution in [0.4, 0.5) is 5.13 Å². The molecular weight excluding hydrogens is 300 g/mol. The molecule has 1 amide bonds. The molecule has 0 saturated carbocycles. The molecule has 0 aliphatic carbocycles. The van der Waals surface area contributed by atoms with Crippen LogP contribution >= 0.6 is 11.3 Å². The maximum absolute atomic E-state index is 11.9. The summed E-state index contributed by atoms with van der Waals surface area (Å²) in [6, 6.07) is 8.55. The van der Waals surface area contributed by atoms with Crippen LogP contribution in [0.5, 0.6) is 0 Å². The van der Waals surface area contributed by atoms with Gasteiger partial charge in [-0.1, -0.05) is 29.5 Å². The van der Waals surface area contributed by atoms with E-state index in [0.29, 0.717) is 5.56 Å². The number of rotatable bonds is 4. The van der Waals surface area contributed by atoms with Crippen molar-refractivity contribution in [3.05, 3.63) is 35.9 Å². The van der Waals surface area contributed by atoms with Crippen molar-refractivity contribution in [1.29, 1.82) is 0 Å². The van der Waals surface area contributed by atoms with Gasteiger partial charge in [0, 0.05) is 19.7 Å². The van der Waals surface area contributed by atoms with Crippen molar-refractivity contribution < 1.29 is 13.2 Å². The van der Waals surface area contributed by atoms with Crippen LogP contribution in [0.15, 0.2) is 34.7 Å². The van der Waals surface area contributed by atoms with Crippen molar-refractivity contribution in [2.24, 2.45) is 0 Å². The molecule has 106 valence electrons. The fourth-order valence-corrected chi connectivity index (χ4v) is 3.31. The third-order valence-electron chi connectivity index (χ3n) is 2.36. The molecular formula is C11H12N4O3S2. The van der Waals surface area contributed by atoms with Gasteiger partial charge >= 0.3 is 0 Å². The van der Waals surface area contributed by atoms with Crippen molar-refractivity contribution in [3.63, 3.8) is 0 Å². The Labute approximate surface area is 120 Å². The van der Waals surface area contributed by atoms with Crippen LogP contribution in [0, 0.1) is 0 Å². The first-order chi connectivity index (χ1) is 9.41. The Morgan fingerprint density at radius 3 is 2.45 bits per heavy atom. The van der Waals surface area contributed by atoms with Crippen LogP contribution in [0.2, 0.25) is 0 Å². The number of carbonyl (C=O) groups is 1. The van der Waals surface area contributed by atoms with E-state index >= 15 is 0 Å². The van der Waals surface area contributed by atoms with Crippen LogP contribution in [-0.2, 0) is 10.0 Å². The average molecular weight is 312 g/mol. The number of sulfonamides is 1. The van der Waals surface area contributed by atoms with Crippen molar-refractivity contribution >= 4 is 32.4 Å². The molecule has 7 nitrogen and oxygen atoms in total. The van der Waals surface area contributed by atoms with Crippen molar-refractivity contribution in [1.82, 2.24) is 14.5 Å². The lowest BCUT2D eigenvalue weighted by molar-refractivity contribution is 0.102. The summed E-state index contributed by atoms with van der Waals surface area (Å²) < 4.78 is 24.5. The Hall–Kier alpha value is -1.84. The third kappa shape index (κ3) is 3.00. The van der Waals surface area contributed by atoms with Gasteiger partial charge in [-0.2, -0.15) is 0 Å². The molecule has 0 aliphatic heterocycles. The molecule has 9 heteroatoms. The summed E-state index contributed by atoms with van der Waals surface area (Å²) in [6.45, 7) is 0. The highest BCUT2D eigenvalue weighted by Crippen LogP contribution is 2.22. The molecule has 0 unspecified atom stereocenters. The van der Waals surface area contributed by atoms with E-state index < -0.39 is 10.0 Å². The van der Waals surface area contributed by atoms with E-state index in [-0.39, 0.29) is 15.4 Å². The second kappa shape index (κ2) is 5.65. The van der Waals surface area contributed by atoms with Gasteiger partial charge in [0.1, 0.15) is 0 Å². The molecule has 0 fully saturated rings. The smallest absolute Gasteiger partial charge is 0.271 e. The second-order valence-corrected chi connectivity index (χ2v) is 7.28. The van der Waals surface area contributed by atoms with E-state index in [1.165, 1.54) is 14.1 Å². The SMILES string of the molecule is CN(C)S(=O)(=O)c1nnc(NC(=O)c2ccccc2)s1. The van der Waals surface area contributed by atoms with Gasteiger partial charge in [0.05, 0.1) is 0 Å². The molecule has 1 aromatic carbocycles. The first-order valence-corrected chi connectivity index (χ1v) is 7.79. The van der Waals surface area contributed by atoms with Crippen LogP contribution in [0.1, 0.15) is 10.4 Å². The summed E-state index contributed by atoms with van der Waals surface area (Å²) >= 11 is 0.807. The number of benzene rings is 1. The maximum Gasteiger partial charge on any atom is 0.271 e.